The van der Waals surface area contributed by atoms with Crippen molar-refractivity contribution in [3.63, 3.8) is 0 Å². The van der Waals surface area contributed by atoms with E-state index in [1.807, 2.05) is 23.8 Å². The molecule has 2 aromatic rings. The van der Waals surface area contributed by atoms with Crippen molar-refractivity contribution in [2.24, 2.45) is 0 Å². The molecule has 1 aromatic carbocycles. The number of amides is 1. The molecule has 2 rings (SSSR count). The first-order valence-corrected chi connectivity index (χ1v) is 8.78. The molecule has 1 heterocycles. The van der Waals surface area contributed by atoms with E-state index in [9.17, 15) is 14.7 Å². The van der Waals surface area contributed by atoms with Crippen LogP contribution in [-0.4, -0.2) is 29.8 Å². The third-order valence-electron chi connectivity index (χ3n) is 3.54. The highest BCUT2D eigenvalue weighted by Crippen LogP contribution is 2.27. The van der Waals surface area contributed by atoms with Crippen molar-refractivity contribution < 1.29 is 14.7 Å². The highest BCUT2D eigenvalue weighted by atomic mass is 32.2. The van der Waals surface area contributed by atoms with Gasteiger partial charge in [-0.25, -0.2) is 0 Å². The van der Waals surface area contributed by atoms with Gasteiger partial charge < -0.3 is 10.4 Å². The van der Waals surface area contributed by atoms with Crippen LogP contribution in [0.15, 0.2) is 46.7 Å². The third kappa shape index (κ3) is 3.34. The van der Waals surface area contributed by atoms with Gasteiger partial charge in [-0.3, -0.25) is 9.59 Å². The lowest BCUT2D eigenvalue weighted by atomic mass is 9.82. The van der Waals surface area contributed by atoms with Crippen LogP contribution in [0.25, 0.3) is 0 Å². The van der Waals surface area contributed by atoms with Crippen molar-refractivity contribution in [3.8, 4) is 0 Å². The predicted octanol–water partition coefficient (Wildman–Crippen LogP) is 3.24. The van der Waals surface area contributed by atoms with Gasteiger partial charge in [0.05, 0.1) is 0 Å². The lowest BCUT2D eigenvalue weighted by Gasteiger charge is -2.25. The molecular weight excluding hydrogens is 318 g/mol. The van der Waals surface area contributed by atoms with E-state index in [1.54, 1.807) is 31.2 Å². The molecule has 0 aliphatic carbocycles. The van der Waals surface area contributed by atoms with Crippen LogP contribution >= 0.6 is 23.1 Å². The Balaban J connectivity index is 2.17. The van der Waals surface area contributed by atoms with Gasteiger partial charge in [-0.05, 0) is 30.2 Å². The molecule has 4 nitrogen and oxygen atoms in total. The van der Waals surface area contributed by atoms with Crippen molar-refractivity contribution in [1.29, 1.82) is 0 Å². The van der Waals surface area contributed by atoms with Gasteiger partial charge in [0.15, 0.2) is 0 Å². The van der Waals surface area contributed by atoms with Crippen molar-refractivity contribution in [2.45, 2.75) is 17.2 Å². The molecule has 1 atom stereocenters. The van der Waals surface area contributed by atoms with Crippen LogP contribution in [-0.2, 0) is 10.2 Å². The Bertz CT molecular complexity index is 669. The number of hydrogen-bond donors (Lipinski definition) is 2. The molecule has 0 saturated heterocycles. The first-order valence-electron chi connectivity index (χ1n) is 6.67. The van der Waals surface area contributed by atoms with E-state index in [2.05, 4.69) is 5.32 Å². The molecule has 0 bridgehead atoms. The summed E-state index contributed by atoms with van der Waals surface area (Å²) in [5.41, 5.74) is -0.493. The molecule has 116 valence electrons. The lowest BCUT2D eigenvalue weighted by molar-refractivity contribution is -0.142. The van der Waals surface area contributed by atoms with Crippen LogP contribution in [0.4, 0.5) is 0 Å². The summed E-state index contributed by atoms with van der Waals surface area (Å²) in [6.07, 6.45) is 1.91. The Kier molecular flexibility index (Phi) is 5.26. The summed E-state index contributed by atoms with van der Waals surface area (Å²) in [6.45, 7) is 1.66. The topological polar surface area (TPSA) is 66.4 Å². The SMILES string of the molecule is CSc1ccsc1C(=O)NCC(C)(C(=O)O)c1ccccc1. The normalized spacial score (nSPS) is 13.4. The molecule has 2 N–H and O–H groups in total. The minimum atomic E-state index is -1.16. The summed E-state index contributed by atoms with van der Waals surface area (Å²) in [7, 11) is 0. The van der Waals surface area contributed by atoms with Gasteiger partial charge in [-0.2, -0.15) is 0 Å². The molecule has 0 radical (unpaired) electrons. The number of aliphatic carboxylic acids is 1. The van der Waals surface area contributed by atoms with Crippen LogP contribution in [0.1, 0.15) is 22.2 Å². The smallest absolute Gasteiger partial charge is 0.315 e. The van der Waals surface area contributed by atoms with E-state index in [0.29, 0.717) is 10.4 Å². The van der Waals surface area contributed by atoms with Gasteiger partial charge in [0.25, 0.3) is 5.91 Å². The van der Waals surface area contributed by atoms with Crippen LogP contribution in [0.3, 0.4) is 0 Å². The number of carboxylic acids is 1. The third-order valence-corrected chi connectivity index (χ3v) is 5.36. The van der Waals surface area contributed by atoms with Crippen LogP contribution in [0.2, 0.25) is 0 Å². The molecule has 0 saturated carbocycles. The fraction of sp³-hybridized carbons (Fsp3) is 0.250. The minimum Gasteiger partial charge on any atom is -0.481 e. The fourth-order valence-electron chi connectivity index (χ4n) is 2.07. The molecule has 0 spiro atoms. The van der Waals surface area contributed by atoms with Crippen LogP contribution in [0, 0.1) is 0 Å². The lowest BCUT2D eigenvalue weighted by Crippen LogP contribution is -2.44. The summed E-state index contributed by atoms with van der Waals surface area (Å²) < 4.78 is 0. The maximum absolute atomic E-state index is 12.3. The summed E-state index contributed by atoms with van der Waals surface area (Å²) in [5, 5.41) is 14.2. The Hall–Kier alpha value is -1.79. The number of rotatable bonds is 6. The highest BCUT2D eigenvalue weighted by Gasteiger charge is 2.35. The largest absolute Gasteiger partial charge is 0.481 e. The monoisotopic (exact) mass is 335 g/mol. The summed E-state index contributed by atoms with van der Waals surface area (Å²) in [5.74, 6) is -1.20. The molecular formula is C16H17NO3S2. The molecule has 6 heteroatoms. The zero-order valence-electron chi connectivity index (χ0n) is 12.3. The zero-order valence-corrected chi connectivity index (χ0v) is 14.0. The molecule has 1 aromatic heterocycles. The molecule has 22 heavy (non-hydrogen) atoms. The molecule has 0 fully saturated rings. The standard InChI is InChI=1S/C16H17NO3S2/c1-16(15(19)20,11-6-4-3-5-7-11)10-17-14(18)13-12(21-2)8-9-22-13/h3-9H,10H2,1-2H3,(H,17,18)(H,19,20). The number of thiophene rings is 1. The second-order valence-electron chi connectivity index (χ2n) is 5.00. The summed E-state index contributed by atoms with van der Waals surface area (Å²) in [4.78, 5) is 25.5. The van der Waals surface area contributed by atoms with Crippen molar-refractivity contribution >= 4 is 35.0 Å². The molecule has 0 aliphatic rings. The van der Waals surface area contributed by atoms with E-state index in [4.69, 9.17) is 0 Å². The Morgan fingerprint density at radius 3 is 2.55 bits per heavy atom. The Morgan fingerprint density at radius 2 is 1.95 bits per heavy atom. The van der Waals surface area contributed by atoms with Gasteiger partial charge in [0.2, 0.25) is 0 Å². The maximum Gasteiger partial charge on any atom is 0.315 e. The molecule has 0 aliphatic heterocycles. The highest BCUT2D eigenvalue weighted by molar-refractivity contribution is 7.98. The number of carbonyl (C=O) groups excluding carboxylic acids is 1. The number of carbonyl (C=O) groups is 2. The second-order valence-corrected chi connectivity index (χ2v) is 6.77. The van der Waals surface area contributed by atoms with E-state index < -0.39 is 11.4 Å². The van der Waals surface area contributed by atoms with Crippen molar-refractivity contribution in [2.75, 3.05) is 12.8 Å². The predicted molar refractivity (Wildman–Crippen MR) is 89.9 cm³/mol. The average molecular weight is 335 g/mol. The zero-order chi connectivity index (χ0) is 16.2. The van der Waals surface area contributed by atoms with Crippen LogP contribution in [0.5, 0.6) is 0 Å². The van der Waals surface area contributed by atoms with Gasteiger partial charge in [-0.15, -0.1) is 23.1 Å². The van der Waals surface area contributed by atoms with E-state index in [1.165, 1.54) is 23.1 Å². The number of thioether (sulfide) groups is 1. The Labute approximate surface area is 137 Å². The average Bonchev–Trinajstić information content (AvgIpc) is 3.01. The number of nitrogens with one attached hydrogen (secondary N) is 1. The second kappa shape index (κ2) is 6.98. The summed E-state index contributed by atoms with van der Waals surface area (Å²) in [6, 6.07) is 10.8. The van der Waals surface area contributed by atoms with E-state index in [0.717, 1.165) is 4.90 Å². The minimum absolute atomic E-state index is 0.0386. The maximum atomic E-state index is 12.3. The number of carboxylic acid groups (broad SMARTS) is 1. The molecule has 1 unspecified atom stereocenters. The van der Waals surface area contributed by atoms with Crippen molar-refractivity contribution in [1.82, 2.24) is 5.32 Å². The van der Waals surface area contributed by atoms with E-state index >= 15 is 0 Å². The van der Waals surface area contributed by atoms with Crippen molar-refractivity contribution in [3.05, 3.63) is 52.2 Å². The Morgan fingerprint density at radius 1 is 1.27 bits per heavy atom. The van der Waals surface area contributed by atoms with Gasteiger partial charge in [0, 0.05) is 11.4 Å². The number of benzene rings is 1. The van der Waals surface area contributed by atoms with E-state index in [-0.39, 0.29) is 12.5 Å². The first kappa shape index (κ1) is 16.6. The first-order chi connectivity index (χ1) is 10.5. The quantitative estimate of drug-likeness (QED) is 0.795. The van der Waals surface area contributed by atoms with Gasteiger partial charge in [-0.1, -0.05) is 30.3 Å². The fourth-order valence-corrected chi connectivity index (χ4v) is 3.73. The summed E-state index contributed by atoms with van der Waals surface area (Å²) >= 11 is 2.86. The van der Waals surface area contributed by atoms with Gasteiger partial charge >= 0.3 is 5.97 Å². The molecule has 1 amide bonds. The number of hydrogen-bond acceptors (Lipinski definition) is 4. The van der Waals surface area contributed by atoms with Crippen LogP contribution < -0.4 is 5.32 Å². The van der Waals surface area contributed by atoms with Gasteiger partial charge in [0.1, 0.15) is 10.3 Å².